The number of nitro groups is 1. The third kappa shape index (κ3) is 6.10. The molecule has 1 aliphatic rings. The van der Waals surface area contributed by atoms with Gasteiger partial charge in [-0.1, -0.05) is 44.2 Å². The molecular weight excluding hydrogens is 458 g/mol. The zero-order valence-electron chi connectivity index (χ0n) is 19.5. The van der Waals surface area contributed by atoms with Crippen molar-refractivity contribution in [1.82, 2.24) is 19.4 Å². The number of nitro benzene ring substituents is 1. The molecule has 0 aromatic heterocycles. The lowest BCUT2D eigenvalue weighted by Gasteiger charge is -2.34. The van der Waals surface area contributed by atoms with E-state index in [9.17, 15) is 23.3 Å². The molecule has 1 saturated heterocycles. The molecule has 3 rings (SSSR count). The number of amides is 2. The van der Waals surface area contributed by atoms with Crippen LogP contribution in [-0.2, 0) is 23.1 Å². The second-order valence-electron chi connectivity index (χ2n) is 8.03. The fourth-order valence-electron chi connectivity index (χ4n) is 3.89. The van der Waals surface area contributed by atoms with Crippen molar-refractivity contribution in [2.45, 2.75) is 31.8 Å². The Labute approximate surface area is 200 Å². The lowest BCUT2D eigenvalue weighted by atomic mass is 10.1. The highest BCUT2D eigenvalue weighted by Gasteiger charge is 2.31. The molecule has 2 amide bonds. The van der Waals surface area contributed by atoms with Crippen molar-refractivity contribution < 1.29 is 18.1 Å². The van der Waals surface area contributed by atoms with Gasteiger partial charge in [0.15, 0.2) is 0 Å². The van der Waals surface area contributed by atoms with Gasteiger partial charge in [-0.25, -0.2) is 13.2 Å². The van der Waals surface area contributed by atoms with E-state index in [1.807, 2.05) is 18.2 Å². The largest absolute Gasteiger partial charge is 0.334 e. The normalized spacial score (nSPS) is 14.9. The van der Waals surface area contributed by atoms with Gasteiger partial charge in [0.1, 0.15) is 0 Å². The summed E-state index contributed by atoms with van der Waals surface area (Å²) in [6.07, 6.45) is 0. The van der Waals surface area contributed by atoms with Crippen LogP contribution in [0.5, 0.6) is 0 Å². The Bertz CT molecular complexity index is 1110. The molecule has 10 nitrogen and oxygen atoms in total. The van der Waals surface area contributed by atoms with E-state index in [1.54, 1.807) is 4.90 Å². The summed E-state index contributed by atoms with van der Waals surface area (Å²) in [7, 11) is -3.88. The van der Waals surface area contributed by atoms with E-state index in [4.69, 9.17) is 0 Å². The number of sulfonamides is 1. The van der Waals surface area contributed by atoms with Crippen molar-refractivity contribution >= 4 is 21.7 Å². The molecule has 2 aromatic carbocycles. The van der Waals surface area contributed by atoms with Crippen LogP contribution in [0.4, 0.5) is 10.5 Å². The molecular formula is C23H31N5O5S. The summed E-state index contributed by atoms with van der Waals surface area (Å²) < 4.78 is 27.1. The van der Waals surface area contributed by atoms with Gasteiger partial charge in [0, 0.05) is 51.4 Å². The molecule has 0 bridgehead atoms. The Morgan fingerprint density at radius 3 is 2.29 bits per heavy atom. The maximum atomic E-state index is 12.9. The number of hydrogen-bond acceptors (Lipinski definition) is 6. The fraction of sp³-hybridized carbons (Fsp3) is 0.435. The number of rotatable bonds is 9. The first kappa shape index (κ1) is 25.6. The van der Waals surface area contributed by atoms with Crippen LogP contribution < -0.4 is 5.32 Å². The van der Waals surface area contributed by atoms with E-state index in [0.717, 1.165) is 31.3 Å². The van der Waals surface area contributed by atoms with Gasteiger partial charge in [0.05, 0.1) is 9.82 Å². The van der Waals surface area contributed by atoms with Crippen molar-refractivity contribution in [3.8, 4) is 0 Å². The second-order valence-corrected chi connectivity index (χ2v) is 9.97. The Kier molecular flexibility index (Phi) is 8.59. The molecule has 2 aromatic rings. The van der Waals surface area contributed by atoms with E-state index < -0.39 is 14.9 Å². The summed E-state index contributed by atoms with van der Waals surface area (Å²) in [5.41, 5.74) is 1.94. The first-order valence-electron chi connectivity index (χ1n) is 11.3. The summed E-state index contributed by atoms with van der Waals surface area (Å²) in [5.74, 6) is 0. The van der Waals surface area contributed by atoms with Crippen LogP contribution in [0.25, 0.3) is 0 Å². The van der Waals surface area contributed by atoms with E-state index in [0.29, 0.717) is 6.54 Å². The van der Waals surface area contributed by atoms with Gasteiger partial charge in [0.25, 0.3) is 5.69 Å². The molecule has 1 N–H and O–H groups in total. The number of nitrogens with zero attached hydrogens (tertiary/aromatic N) is 4. The molecule has 0 saturated carbocycles. The monoisotopic (exact) mass is 489 g/mol. The van der Waals surface area contributed by atoms with Crippen LogP contribution >= 0.6 is 0 Å². The van der Waals surface area contributed by atoms with Gasteiger partial charge in [-0.2, -0.15) is 4.31 Å². The average Bonchev–Trinajstić information content (AvgIpc) is 2.86. The number of non-ortho nitro benzene ring substituents is 1. The Balaban J connectivity index is 1.57. The number of carbonyl (C=O) groups excluding carboxylic acids is 1. The molecule has 1 heterocycles. The number of piperazine rings is 1. The number of nitrogens with one attached hydrogen (secondary N) is 1. The van der Waals surface area contributed by atoms with Gasteiger partial charge in [0.2, 0.25) is 10.0 Å². The number of hydrogen-bond donors (Lipinski definition) is 1. The predicted molar refractivity (Wildman–Crippen MR) is 129 cm³/mol. The minimum Gasteiger partial charge on any atom is -0.334 e. The summed E-state index contributed by atoms with van der Waals surface area (Å²) >= 11 is 0. The predicted octanol–water partition coefficient (Wildman–Crippen LogP) is 2.65. The number of benzene rings is 2. The molecule has 11 heteroatoms. The van der Waals surface area contributed by atoms with Crippen LogP contribution in [0, 0.1) is 10.1 Å². The molecule has 1 aliphatic heterocycles. The average molecular weight is 490 g/mol. The maximum absolute atomic E-state index is 12.9. The Morgan fingerprint density at radius 1 is 1.03 bits per heavy atom. The Hall–Kier alpha value is -3.02. The molecule has 0 aliphatic carbocycles. The summed E-state index contributed by atoms with van der Waals surface area (Å²) in [4.78, 5) is 26.9. The van der Waals surface area contributed by atoms with Gasteiger partial charge in [-0.15, -0.1) is 0 Å². The maximum Gasteiger partial charge on any atom is 0.317 e. The van der Waals surface area contributed by atoms with Crippen molar-refractivity contribution in [3.05, 3.63) is 69.8 Å². The smallest absolute Gasteiger partial charge is 0.317 e. The van der Waals surface area contributed by atoms with E-state index in [-0.39, 0.29) is 42.8 Å². The van der Waals surface area contributed by atoms with Crippen molar-refractivity contribution in [3.63, 3.8) is 0 Å². The topological polar surface area (TPSA) is 116 Å². The van der Waals surface area contributed by atoms with Crippen molar-refractivity contribution in [2.75, 3.05) is 39.3 Å². The highest BCUT2D eigenvalue weighted by atomic mass is 32.2. The number of carbonyl (C=O) groups is 1. The quantitative estimate of drug-likeness (QED) is 0.428. The minimum absolute atomic E-state index is 0.121. The fourth-order valence-corrected chi connectivity index (χ4v) is 5.36. The van der Waals surface area contributed by atoms with Gasteiger partial charge >= 0.3 is 6.03 Å². The molecule has 1 fully saturated rings. The minimum atomic E-state index is -3.88. The second kappa shape index (κ2) is 11.4. The van der Waals surface area contributed by atoms with Crippen LogP contribution in [0.15, 0.2) is 53.4 Å². The number of urea groups is 1. The van der Waals surface area contributed by atoms with Gasteiger partial charge in [-0.3, -0.25) is 15.0 Å². The molecule has 0 unspecified atom stereocenters. The van der Waals surface area contributed by atoms with Crippen LogP contribution in [0.3, 0.4) is 0 Å². The lowest BCUT2D eigenvalue weighted by molar-refractivity contribution is -0.385. The molecule has 0 radical (unpaired) electrons. The van der Waals surface area contributed by atoms with Gasteiger partial charge < -0.3 is 10.2 Å². The van der Waals surface area contributed by atoms with Crippen LogP contribution in [0.2, 0.25) is 0 Å². The standard InChI is InChI=1S/C23H31N5O5S/c1-3-25(4-2)18-20-9-6-5-8-19(20)17-24-23(29)26-12-14-27(15-13-26)34(32,33)22-11-7-10-21(16-22)28(30)31/h5-11,16H,3-4,12-15,17-18H2,1-2H3,(H,24,29). The molecule has 0 spiro atoms. The van der Waals surface area contributed by atoms with E-state index in [1.165, 1.54) is 28.1 Å². The first-order valence-corrected chi connectivity index (χ1v) is 12.8. The highest BCUT2D eigenvalue weighted by Crippen LogP contribution is 2.22. The van der Waals surface area contributed by atoms with E-state index >= 15 is 0 Å². The highest BCUT2D eigenvalue weighted by molar-refractivity contribution is 7.89. The van der Waals surface area contributed by atoms with Gasteiger partial charge in [-0.05, 0) is 30.3 Å². The lowest BCUT2D eigenvalue weighted by Crippen LogP contribution is -2.53. The summed E-state index contributed by atoms with van der Waals surface area (Å²) in [6, 6.07) is 12.8. The first-order chi connectivity index (χ1) is 16.3. The summed E-state index contributed by atoms with van der Waals surface area (Å²) in [6.45, 7) is 8.05. The summed E-state index contributed by atoms with van der Waals surface area (Å²) in [5, 5.41) is 13.9. The SMILES string of the molecule is CCN(CC)Cc1ccccc1CNC(=O)N1CCN(S(=O)(=O)c2cccc([N+](=O)[O-])c2)CC1. The van der Waals surface area contributed by atoms with Crippen LogP contribution in [-0.4, -0.2) is 72.7 Å². The molecule has 184 valence electrons. The zero-order chi connectivity index (χ0) is 24.7. The zero-order valence-corrected chi connectivity index (χ0v) is 20.3. The van der Waals surface area contributed by atoms with Crippen LogP contribution in [0.1, 0.15) is 25.0 Å². The van der Waals surface area contributed by atoms with Crippen molar-refractivity contribution in [2.24, 2.45) is 0 Å². The van der Waals surface area contributed by atoms with Crippen molar-refractivity contribution in [1.29, 1.82) is 0 Å². The third-order valence-electron chi connectivity index (χ3n) is 6.03. The Morgan fingerprint density at radius 2 is 1.68 bits per heavy atom. The molecule has 0 atom stereocenters. The third-order valence-corrected chi connectivity index (χ3v) is 7.92. The molecule has 34 heavy (non-hydrogen) atoms. The van der Waals surface area contributed by atoms with E-state index in [2.05, 4.69) is 30.1 Å².